The molecule has 1 atom stereocenters. The van der Waals surface area contributed by atoms with E-state index < -0.39 is 23.9 Å². The highest BCUT2D eigenvalue weighted by atomic mass is 32.1. The van der Waals surface area contributed by atoms with E-state index in [9.17, 15) is 14.4 Å². The van der Waals surface area contributed by atoms with E-state index in [1.165, 1.54) is 0 Å². The molecule has 0 saturated heterocycles. The van der Waals surface area contributed by atoms with Crippen molar-refractivity contribution in [3.8, 4) is 0 Å². The second-order valence-electron chi connectivity index (χ2n) is 5.16. The van der Waals surface area contributed by atoms with Crippen LogP contribution in [0, 0.1) is 6.92 Å². The number of hydrogen-bond donors (Lipinski definition) is 4. The standard InChI is InChI=1S/C15H18N4O3S/c1-7-9-5-3-4-6-10(9)23-12(7)8(2)18-15(22)19-11(13(16)20)14(17)21/h3-6,8,11H,1-2H3,(H2,16,20)(H2,17,21)(H2,18,19,22)/t8-/m0/s1. The van der Waals surface area contributed by atoms with Crippen LogP contribution >= 0.6 is 11.3 Å². The molecular formula is C15H18N4O3S. The fourth-order valence-electron chi connectivity index (χ4n) is 2.32. The largest absolute Gasteiger partial charge is 0.367 e. The summed E-state index contributed by atoms with van der Waals surface area (Å²) in [6.07, 6.45) is 0. The maximum absolute atomic E-state index is 11.9. The minimum Gasteiger partial charge on any atom is -0.367 e. The average molecular weight is 334 g/mol. The molecule has 8 heteroatoms. The number of amides is 4. The summed E-state index contributed by atoms with van der Waals surface area (Å²) in [4.78, 5) is 35.1. The van der Waals surface area contributed by atoms with Crippen molar-refractivity contribution in [2.24, 2.45) is 11.5 Å². The van der Waals surface area contributed by atoms with Gasteiger partial charge in [0.05, 0.1) is 6.04 Å². The molecule has 2 rings (SSSR count). The van der Waals surface area contributed by atoms with Crippen LogP contribution in [0.15, 0.2) is 24.3 Å². The zero-order valence-corrected chi connectivity index (χ0v) is 13.6. The molecule has 2 aromatic rings. The van der Waals surface area contributed by atoms with Gasteiger partial charge in [-0.25, -0.2) is 4.79 Å². The molecule has 7 nitrogen and oxygen atoms in total. The number of hydrogen-bond acceptors (Lipinski definition) is 4. The van der Waals surface area contributed by atoms with E-state index in [1.807, 2.05) is 38.1 Å². The number of nitrogens with two attached hydrogens (primary N) is 2. The Morgan fingerprint density at radius 1 is 1.09 bits per heavy atom. The zero-order chi connectivity index (χ0) is 17.1. The summed E-state index contributed by atoms with van der Waals surface area (Å²) in [5, 5.41) is 5.99. The molecule has 0 bridgehead atoms. The molecule has 1 aromatic heterocycles. The third-order valence-electron chi connectivity index (χ3n) is 3.47. The number of nitrogens with one attached hydrogen (secondary N) is 2. The lowest BCUT2D eigenvalue weighted by molar-refractivity contribution is -0.128. The van der Waals surface area contributed by atoms with Gasteiger partial charge in [-0.1, -0.05) is 18.2 Å². The van der Waals surface area contributed by atoms with Gasteiger partial charge >= 0.3 is 6.03 Å². The number of rotatable bonds is 5. The van der Waals surface area contributed by atoms with Gasteiger partial charge < -0.3 is 22.1 Å². The van der Waals surface area contributed by atoms with Crippen molar-refractivity contribution >= 4 is 39.3 Å². The number of primary amides is 2. The van der Waals surface area contributed by atoms with Crippen molar-refractivity contribution in [3.05, 3.63) is 34.7 Å². The van der Waals surface area contributed by atoms with Crippen LogP contribution in [0.25, 0.3) is 10.1 Å². The quantitative estimate of drug-likeness (QED) is 0.607. The molecular weight excluding hydrogens is 316 g/mol. The Balaban J connectivity index is 2.12. The van der Waals surface area contributed by atoms with E-state index in [0.29, 0.717) is 0 Å². The molecule has 122 valence electrons. The maximum atomic E-state index is 11.9. The summed E-state index contributed by atoms with van der Waals surface area (Å²) in [5.41, 5.74) is 11.1. The van der Waals surface area contributed by atoms with Crippen LogP contribution < -0.4 is 22.1 Å². The van der Waals surface area contributed by atoms with Crippen molar-refractivity contribution in [1.29, 1.82) is 0 Å². The van der Waals surface area contributed by atoms with Crippen molar-refractivity contribution in [3.63, 3.8) is 0 Å². The first-order valence-electron chi connectivity index (χ1n) is 6.95. The lowest BCUT2D eigenvalue weighted by Crippen LogP contribution is -2.55. The smallest absolute Gasteiger partial charge is 0.316 e. The van der Waals surface area contributed by atoms with Crippen LogP contribution in [0.5, 0.6) is 0 Å². The van der Waals surface area contributed by atoms with Gasteiger partial charge in [0.2, 0.25) is 11.8 Å². The van der Waals surface area contributed by atoms with Crippen LogP contribution in [-0.4, -0.2) is 23.9 Å². The van der Waals surface area contributed by atoms with Gasteiger partial charge in [0.15, 0.2) is 6.04 Å². The number of benzene rings is 1. The fraction of sp³-hybridized carbons (Fsp3) is 0.267. The monoisotopic (exact) mass is 334 g/mol. The average Bonchev–Trinajstić information content (AvgIpc) is 2.82. The number of carbonyl (C=O) groups is 3. The molecule has 0 radical (unpaired) electrons. The van der Waals surface area contributed by atoms with Crippen LogP contribution in [-0.2, 0) is 9.59 Å². The number of fused-ring (bicyclic) bond motifs is 1. The lowest BCUT2D eigenvalue weighted by Gasteiger charge is -2.17. The van der Waals surface area contributed by atoms with Gasteiger partial charge in [-0.3, -0.25) is 9.59 Å². The Hall–Kier alpha value is -2.61. The van der Waals surface area contributed by atoms with Crippen LogP contribution in [0.2, 0.25) is 0 Å². The molecule has 0 fully saturated rings. The van der Waals surface area contributed by atoms with Crippen LogP contribution in [0.3, 0.4) is 0 Å². The second kappa shape index (κ2) is 6.66. The normalized spacial score (nSPS) is 12.1. The van der Waals surface area contributed by atoms with E-state index in [1.54, 1.807) is 11.3 Å². The molecule has 0 spiro atoms. The van der Waals surface area contributed by atoms with Crippen molar-refractivity contribution < 1.29 is 14.4 Å². The molecule has 1 aromatic carbocycles. The molecule has 0 aliphatic rings. The van der Waals surface area contributed by atoms with Crippen molar-refractivity contribution in [2.75, 3.05) is 0 Å². The van der Waals surface area contributed by atoms with Crippen LogP contribution in [0.1, 0.15) is 23.4 Å². The molecule has 1 heterocycles. The van der Waals surface area contributed by atoms with Gasteiger partial charge in [0, 0.05) is 9.58 Å². The van der Waals surface area contributed by atoms with Gasteiger partial charge in [-0.2, -0.15) is 0 Å². The highest BCUT2D eigenvalue weighted by Gasteiger charge is 2.25. The van der Waals surface area contributed by atoms with Crippen molar-refractivity contribution in [2.45, 2.75) is 25.9 Å². The highest BCUT2D eigenvalue weighted by Crippen LogP contribution is 2.34. The Kier molecular flexibility index (Phi) is 4.85. The van der Waals surface area contributed by atoms with Gasteiger partial charge in [0.1, 0.15) is 0 Å². The molecule has 0 unspecified atom stereocenters. The summed E-state index contributed by atoms with van der Waals surface area (Å²) in [6.45, 7) is 3.81. The lowest BCUT2D eigenvalue weighted by atomic mass is 10.1. The minimum absolute atomic E-state index is 0.297. The van der Waals surface area contributed by atoms with E-state index in [0.717, 1.165) is 20.5 Å². The first-order chi connectivity index (χ1) is 10.8. The molecule has 0 saturated carbocycles. The molecule has 4 amide bonds. The Bertz CT molecular complexity index is 757. The summed E-state index contributed by atoms with van der Waals surface area (Å²) < 4.78 is 1.13. The molecule has 0 aliphatic heterocycles. The predicted molar refractivity (Wildman–Crippen MR) is 88.8 cm³/mol. The number of urea groups is 1. The molecule has 0 aliphatic carbocycles. The Labute approximate surface area is 137 Å². The van der Waals surface area contributed by atoms with Crippen molar-refractivity contribution in [1.82, 2.24) is 10.6 Å². The molecule has 6 N–H and O–H groups in total. The Morgan fingerprint density at radius 3 is 2.26 bits per heavy atom. The zero-order valence-electron chi connectivity index (χ0n) is 12.8. The van der Waals surface area contributed by atoms with E-state index in [-0.39, 0.29) is 6.04 Å². The van der Waals surface area contributed by atoms with Gasteiger partial charge in [0.25, 0.3) is 0 Å². The number of carbonyl (C=O) groups excluding carboxylic acids is 3. The van der Waals surface area contributed by atoms with E-state index in [2.05, 4.69) is 10.6 Å². The highest BCUT2D eigenvalue weighted by molar-refractivity contribution is 7.19. The van der Waals surface area contributed by atoms with Gasteiger partial charge in [-0.15, -0.1) is 11.3 Å². The third-order valence-corrected chi connectivity index (χ3v) is 4.92. The molecule has 23 heavy (non-hydrogen) atoms. The minimum atomic E-state index is -1.54. The third kappa shape index (κ3) is 3.59. The summed E-state index contributed by atoms with van der Waals surface area (Å²) in [5.74, 6) is -2.00. The maximum Gasteiger partial charge on any atom is 0.316 e. The summed E-state index contributed by atoms with van der Waals surface area (Å²) >= 11 is 1.58. The van der Waals surface area contributed by atoms with Crippen LogP contribution in [0.4, 0.5) is 4.79 Å². The number of aryl methyl sites for hydroxylation is 1. The second-order valence-corrected chi connectivity index (χ2v) is 6.25. The SMILES string of the molecule is Cc1c([C@H](C)NC(=O)NC(C(N)=O)C(N)=O)sc2ccccc12. The Morgan fingerprint density at radius 2 is 1.70 bits per heavy atom. The number of thiophene rings is 1. The van der Waals surface area contributed by atoms with E-state index >= 15 is 0 Å². The summed E-state index contributed by atoms with van der Waals surface area (Å²) in [6, 6.07) is 5.43. The first-order valence-corrected chi connectivity index (χ1v) is 7.76. The van der Waals surface area contributed by atoms with Gasteiger partial charge in [-0.05, 0) is 30.9 Å². The van der Waals surface area contributed by atoms with E-state index in [4.69, 9.17) is 11.5 Å². The predicted octanol–water partition coefficient (Wildman–Crippen LogP) is 0.909. The first kappa shape index (κ1) is 16.8. The summed E-state index contributed by atoms with van der Waals surface area (Å²) in [7, 11) is 0. The topological polar surface area (TPSA) is 127 Å². The fourth-order valence-corrected chi connectivity index (χ4v) is 3.54.